The predicted octanol–water partition coefficient (Wildman–Crippen LogP) is 2.51. The summed E-state index contributed by atoms with van der Waals surface area (Å²) in [7, 11) is 0. The van der Waals surface area contributed by atoms with Crippen LogP contribution in [0.1, 0.15) is 46.9 Å². The molecule has 1 saturated carbocycles. The van der Waals surface area contributed by atoms with Crippen LogP contribution in [0.15, 0.2) is 45.3 Å². The third-order valence-corrected chi connectivity index (χ3v) is 5.07. The maximum absolute atomic E-state index is 12.4. The molecule has 5 rings (SSSR count). The molecule has 1 aliphatic heterocycles. The van der Waals surface area contributed by atoms with Crippen LogP contribution in [0, 0.1) is 0 Å². The summed E-state index contributed by atoms with van der Waals surface area (Å²) in [5, 5.41) is 15.1. The molecule has 3 heterocycles. The largest absolute Gasteiger partial charge is 0.424 e. The zero-order valence-corrected chi connectivity index (χ0v) is 14.5. The first-order chi connectivity index (χ1) is 13.3. The van der Waals surface area contributed by atoms with Crippen molar-refractivity contribution in [2.75, 3.05) is 13.2 Å². The highest BCUT2D eigenvalue weighted by atomic mass is 16.5. The lowest BCUT2D eigenvalue weighted by Crippen LogP contribution is -2.43. The van der Waals surface area contributed by atoms with Gasteiger partial charge in [-0.1, -0.05) is 35.5 Å². The number of benzene rings is 1. The number of hydrogen-bond acceptors (Lipinski definition) is 7. The molecule has 1 amide bonds. The second kappa shape index (κ2) is 6.62. The Morgan fingerprint density at radius 1 is 1.04 bits per heavy atom. The Balaban J connectivity index is 1.16. The lowest BCUT2D eigenvalue weighted by Gasteiger charge is -2.33. The van der Waals surface area contributed by atoms with Crippen molar-refractivity contribution in [2.24, 2.45) is 0 Å². The summed E-state index contributed by atoms with van der Waals surface area (Å²) < 4.78 is 16.2. The van der Waals surface area contributed by atoms with Crippen molar-refractivity contribution in [1.29, 1.82) is 0 Å². The first kappa shape index (κ1) is 16.2. The molecule has 2 aliphatic rings. The first-order valence-corrected chi connectivity index (χ1v) is 9.00. The molecular weight excluding hydrogens is 348 g/mol. The van der Waals surface area contributed by atoms with Gasteiger partial charge in [0.25, 0.3) is 5.91 Å². The van der Waals surface area contributed by atoms with E-state index in [1.54, 1.807) is 6.07 Å². The third-order valence-electron chi connectivity index (χ3n) is 5.07. The number of rotatable bonds is 5. The lowest BCUT2D eigenvalue weighted by molar-refractivity contribution is -0.00314. The summed E-state index contributed by atoms with van der Waals surface area (Å²) in [4.78, 5) is 12.4. The van der Waals surface area contributed by atoms with E-state index in [1.807, 2.05) is 30.3 Å². The zero-order valence-electron chi connectivity index (χ0n) is 14.5. The number of ether oxygens (including phenoxy) is 1. The van der Waals surface area contributed by atoms with Gasteiger partial charge in [0, 0.05) is 23.6 Å². The molecule has 1 aliphatic carbocycles. The number of amides is 1. The fraction of sp³-hybridized carbons (Fsp3) is 0.368. The van der Waals surface area contributed by atoms with Gasteiger partial charge < -0.3 is 19.0 Å². The molecule has 1 N–H and O–H groups in total. The number of nitrogens with one attached hydrogen (secondary N) is 1. The second-order valence-corrected chi connectivity index (χ2v) is 6.99. The van der Waals surface area contributed by atoms with Crippen molar-refractivity contribution in [3.63, 3.8) is 0 Å². The normalized spacial score (nSPS) is 22.1. The van der Waals surface area contributed by atoms with Crippen LogP contribution < -0.4 is 5.32 Å². The van der Waals surface area contributed by atoms with Crippen LogP contribution in [0.5, 0.6) is 0 Å². The summed E-state index contributed by atoms with van der Waals surface area (Å²) in [6, 6.07) is 11.3. The van der Waals surface area contributed by atoms with Gasteiger partial charge in [-0.15, -0.1) is 10.2 Å². The predicted molar refractivity (Wildman–Crippen MR) is 93.0 cm³/mol. The number of nitrogens with zero attached hydrogens (tertiary/aromatic N) is 3. The number of carbonyl (C=O) groups is 1. The maximum Gasteiger partial charge on any atom is 0.273 e. The van der Waals surface area contributed by atoms with Gasteiger partial charge in [-0.3, -0.25) is 4.79 Å². The van der Waals surface area contributed by atoms with E-state index in [9.17, 15) is 4.79 Å². The minimum atomic E-state index is -0.234. The van der Waals surface area contributed by atoms with Gasteiger partial charge >= 0.3 is 0 Å². The minimum absolute atomic E-state index is 0.0711. The highest BCUT2D eigenvalue weighted by molar-refractivity contribution is 5.93. The van der Waals surface area contributed by atoms with E-state index in [1.165, 1.54) is 0 Å². The smallest absolute Gasteiger partial charge is 0.273 e. The molecule has 1 saturated heterocycles. The number of carbonyl (C=O) groups excluding carboxylic acids is 1. The minimum Gasteiger partial charge on any atom is -0.424 e. The number of hydrogen-bond donors (Lipinski definition) is 1. The van der Waals surface area contributed by atoms with Gasteiger partial charge in [0.1, 0.15) is 0 Å². The van der Waals surface area contributed by atoms with Gasteiger partial charge in [0.2, 0.25) is 11.8 Å². The molecule has 3 aromatic rings. The topological polar surface area (TPSA) is 103 Å². The summed E-state index contributed by atoms with van der Waals surface area (Å²) in [5.41, 5.74) is 1.17. The summed E-state index contributed by atoms with van der Waals surface area (Å²) >= 11 is 0. The van der Waals surface area contributed by atoms with Gasteiger partial charge in [0.05, 0.1) is 19.1 Å². The quantitative estimate of drug-likeness (QED) is 0.740. The lowest BCUT2D eigenvalue weighted by atomic mass is 9.80. The van der Waals surface area contributed by atoms with Crippen LogP contribution in [0.2, 0.25) is 0 Å². The van der Waals surface area contributed by atoms with E-state index < -0.39 is 0 Å². The van der Waals surface area contributed by atoms with E-state index in [4.69, 9.17) is 13.7 Å². The molecule has 27 heavy (non-hydrogen) atoms. The molecule has 138 valence electrons. The number of aromatic nitrogens is 3. The molecule has 0 atom stereocenters. The van der Waals surface area contributed by atoms with Crippen molar-refractivity contribution < 1.29 is 18.5 Å². The Kier molecular flexibility index (Phi) is 3.97. The summed E-state index contributed by atoms with van der Waals surface area (Å²) in [6.45, 7) is 1.29. The Labute approximate surface area is 154 Å². The summed E-state index contributed by atoms with van der Waals surface area (Å²) in [6.07, 6.45) is 1.55. The monoisotopic (exact) mass is 366 g/mol. The Hall–Kier alpha value is -3.00. The van der Waals surface area contributed by atoms with Crippen molar-refractivity contribution in [1.82, 2.24) is 20.7 Å². The standard InChI is InChI=1S/C19H18N4O4/c24-17(15-8-16(27-23-15)11-4-2-1-3-5-11)20-14-6-12(7-14)18-21-22-19(26-18)13-9-25-10-13/h1-5,8,12-14H,6-7,9-10H2,(H,20,24). The van der Waals surface area contributed by atoms with Gasteiger partial charge in [-0.2, -0.15) is 0 Å². The van der Waals surface area contributed by atoms with E-state index in [0.29, 0.717) is 30.8 Å². The molecule has 0 unspecified atom stereocenters. The molecular formula is C19H18N4O4. The average molecular weight is 366 g/mol. The highest BCUT2D eigenvalue weighted by Crippen LogP contribution is 2.37. The van der Waals surface area contributed by atoms with Crippen molar-refractivity contribution in [2.45, 2.75) is 30.7 Å². The summed E-state index contributed by atoms with van der Waals surface area (Å²) in [5.74, 6) is 2.06. The SMILES string of the molecule is O=C(NC1CC(c2nnc(C3COC3)o2)C1)c1cc(-c2ccccc2)on1. The van der Waals surface area contributed by atoms with Gasteiger partial charge in [-0.25, -0.2) is 0 Å². The molecule has 0 radical (unpaired) electrons. The molecule has 2 aromatic heterocycles. The van der Waals surface area contributed by atoms with E-state index in [2.05, 4.69) is 20.7 Å². The molecule has 0 spiro atoms. The van der Waals surface area contributed by atoms with Crippen molar-refractivity contribution >= 4 is 5.91 Å². The second-order valence-electron chi connectivity index (χ2n) is 6.99. The van der Waals surface area contributed by atoms with Gasteiger partial charge in [0.15, 0.2) is 11.5 Å². The molecule has 8 nitrogen and oxygen atoms in total. The fourth-order valence-corrected chi connectivity index (χ4v) is 3.27. The molecule has 1 aromatic carbocycles. The first-order valence-electron chi connectivity index (χ1n) is 9.00. The average Bonchev–Trinajstić information content (AvgIpc) is 3.27. The van der Waals surface area contributed by atoms with Crippen LogP contribution in [0.4, 0.5) is 0 Å². The van der Waals surface area contributed by atoms with Crippen LogP contribution in [0.3, 0.4) is 0 Å². The molecule has 0 bridgehead atoms. The van der Waals surface area contributed by atoms with Crippen LogP contribution in [-0.4, -0.2) is 40.5 Å². The molecule has 2 fully saturated rings. The van der Waals surface area contributed by atoms with Gasteiger partial charge in [-0.05, 0) is 12.8 Å². The fourth-order valence-electron chi connectivity index (χ4n) is 3.27. The zero-order chi connectivity index (χ0) is 18.2. The Morgan fingerprint density at radius 2 is 1.78 bits per heavy atom. The van der Waals surface area contributed by atoms with E-state index in [-0.39, 0.29) is 29.5 Å². The van der Waals surface area contributed by atoms with Crippen LogP contribution >= 0.6 is 0 Å². The van der Waals surface area contributed by atoms with Crippen LogP contribution in [0.25, 0.3) is 11.3 Å². The molecule has 8 heteroatoms. The third kappa shape index (κ3) is 3.12. The highest BCUT2D eigenvalue weighted by Gasteiger charge is 2.37. The van der Waals surface area contributed by atoms with E-state index >= 15 is 0 Å². The Morgan fingerprint density at radius 3 is 2.48 bits per heavy atom. The van der Waals surface area contributed by atoms with Crippen LogP contribution in [-0.2, 0) is 4.74 Å². The van der Waals surface area contributed by atoms with E-state index in [0.717, 1.165) is 18.4 Å². The van der Waals surface area contributed by atoms with Crippen molar-refractivity contribution in [3.05, 3.63) is 53.9 Å². The maximum atomic E-state index is 12.4. The Bertz CT molecular complexity index is 942. The van der Waals surface area contributed by atoms with Crippen molar-refractivity contribution in [3.8, 4) is 11.3 Å².